The van der Waals surface area contributed by atoms with Crippen LogP contribution in [0.5, 0.6) is 0 Å². The molecule has 0 saturated carbocycles. The predicted molar refractivity (Wildman–Crippen MR) is 71.1 cm³/mol. The molecule has 110 valence electrons. The van der Waals surface area contributed by atoms with Crippen LogP contribution in [0.1, 0.15) is 39.5 Å². The molecule has 2 N–H and O–H groups in total. The number of ether oxygens (including phenoxy) is 1. The topological polar surface area (TPSA) is 78.9 Å². The molecule has 6 nitrogen and oxygen atoms in total. The van der Waals surface area contributed by atoms with Crippen LogP contribution in [0.15, 0.2) is 0 Å². The summed E-state index contributed by atoms with van der Waals surface area (Å²) in [6.45, 7) is 5.71. The third-order valence-corrected chi connectivity index (χ3v) is 3.36. The summed E-state index contributed by atoms with van der Waals surface area (Å²) in [4.78, 5) is 24.4. The molecule has 1 aliphatic heterocycles. The minimum absolute atomic E-state index is 0.0419. The second kappa shape index (κ2) is 7.99. The summed E-state index contributed by atoms with van der Waals surface area (Å²) in [7, 11) is 0. The van der Waals surface area contributed by atoms with Gasteiger partial charge in [-0.15, -0.1) is 0 Å². The fraction of sp³-hybridized carbons (Fsp3) is 0.846. The van der Waals surface area contributed by atoms with Crippen molar-refractivity contribution in [3.8, 4) is 0 Å². The van der Waals surface area contributed by atoms with Crippen LogP contribution in [0.25, 0.3) is 0 Å². The van der Waals surface area contributed by atoms with Crippen molar-refractivity contribution in [1.82, 2.24) is 10.2 Å². The second-order valence-electron chi connectivity index (χ2n) is 4.83. The molecule has 0 aromatic carbocycles. The molecule has 0 aliphatic carbocycles. The molecule has 1 heterocycles. The number of carboxylic acid groups (broad SMARTS) is 1. The number of likely N-dealkylation sites (N-methyl/N-ethyl adjacent to an activating group) is 1. The highest BCUT2D eigenvalue weighted by molar-refractivity contribution is 5.76. The van der Waals surface area contributed by atoms with Crippen molar-refractivity contribution in [2.24, 2.45) is 0 Å². The van der Waals surface area contributed by atoms with E-state index in [0.717, 1.165) is 19.4 Å². The third kappa shape index (κ3) is 5.46. The van der Waals surface area contributed by atoms with Crippen molar-refractivity contribution in [3.05, 3.63) is 0 Å². The maximum Gasteiger partial charge on any atom is 0.317 e. The van der Waals surface area contributed by atoms with Crippen LogP contribution in [-0.4, -0.2) is 53.8 Å². The van der Waals surface area contributed by atoms with Gasteiger partial charge in [-0.3, -0.25) is 4.79 Å². The minimum atomic E-state index is -0.894. The number of amides is 2. The number of carboxylic acids is 1. The first kappa shape index (κ1) is 15.8. The lowest BCUT2D eigenvalue weighted by molar-refractivity contribution is -0.137. The van der Waals surface area contributed by atoms with E-state index >= 15 is 0 Å². The molecule has 1 rings (SSSR count). The molecule has 1 aliphatic rings. The summed E-state index contributed by atoms with van der Waals surface area (Å²) in [6.07, 6.45) is 2.71. The molecule has 1 saturated heterocycles. The number of urea groups is 1. The summed E-state index contributed by atoms with van der Waals surface area (Å²) in [5, 5.41) is 11.5. The summed E-state index contributed by atoms with van der Waals surface area (Å²) >= 11 is 0. The molecule has 0 aromatic rings. The monoisotopic (exact) mass is 272 g/mol. The zero-order chi connectivity index (χ0) is 14.3. The molecule has 2 amide bonds. The van der Waals surface area contributed by atoms with E-state index in [1.165, 1.54) is 0 Å². The number of hydrogen-bond acceptors (Lipinski definition) is 3. The van der Waals surface area contributed by atoms with Gasteiger partial charge in [0.05, 0.1) is 12.5 Å². The van der Waals surface area contributed by atoms with Crippen LogP contribution in [-0.2, 0) is 9.53 Å². The SMILES string of the molecule is CCC(CC(=O)O)NC(=O)N(CC)CC1CCCO1. The quantitative estimate of drug-likeness (QED) is 0.735. The Balaban J connectivity index is 2.44. The standard InChI is InChI=1S/C13H24N2O4/c1-3-10(8-12(16)17)14-13(18)15(4-2)9-11-6-5-7-19-11/h10-11H,3-9H2,1-2H3,(H,14,18)(H,16,17). The van der Waals surface area contributed by atoms with Gasteiger partial charge in [0.25, 0.3) is 0 Å². The van der Waals surface area contributed by atoms with Crippen LogP contribution in [0.2, 0.25) is 0 Å². The highest BCUT2D eigenvalue weighted by Gasteiger charge is 2.23. The van der Waals surface area contributed by atoms with Crippen LogP contribution in [0.3, 0.4) is 0 Å². The third-order valence-electron chi connectivity index (χ3n) is 3.36. The van der Waals surface area contributed by atoms with E-state index in [9.17, 15) is 9.59 Å². The van der Waals surface area contributed by atoms with Crippen molar-refractivity contribution in [3.63, 3.8) is 0 Å². The highest BCUT2D eigenvalue weighted by Crippen LogP contribution is 2.13. The summed E-state index contributed by atoms with van der Waals surface area (Å²) in [5.74, 6) is -0.894. The van der Waals surface area contributed by atoms with E-state index in [0.29, 0.717) is 19.5 Å². The molecular formula is C13H24N2O4. The molecule has 1 fully saturated rings. The zero-order valence-corrected chi connectivity index (χ0v) is 11.7. The van der Waals surface area contributed by atoms with E-state index in [1.807, 2.05) is 13.8 Å². The van der Waals surface area contributed by atoms with Gasteiger partial charge < -0.3 is 20.1 Å². The predicted octanol–water partition coefficient (Wildman–Crippen LogP) is 1.45. The smallest absolute Gasteiger partial charge is 0.317 e. The van der Waals surface area contributed by atoms with E-state index in [1.54, 1.807) is 4.90 Å². The zero-order valence-electron chi connectivity index (χ0n) is 11.7. The lowest BCUT2D eigenvalue weighted by atomic mass is 10.1. The van der Waals surface area contributed by atoms with E-state index in [4.69, 9.17) is 9.84 Å². The van der Waals surface area contributed by atoms with E-state index < -0.39 is 5.97 Å². The average molecular weight is 272 g/mol. The van der Waals surface area contributed by atoms with Crippen LogP contribution in [0, 0.1) is 0 Å². The van der Waals surface area contributed by atoms with Gasteiger partial charge in [-0.2, -0.15) is 0 Å². The van der Waals surface area contributed by atoms with Crippen molar-refractivity contribution in [1.29, 1.82) is 0 Å². The number of carbonyl (C=O) groups excluding carboxylic acids is 1. The largest absolute Gasteiger partial charge is 0.481 e. The highest BCUT2D eigenvalue weighted by atomic mass is 16.5. The molecule has 0 radical (unpaired) electrons. The Morgan fingerprint density at radius 3 is 2.68 bits per heavy atom. The molecule has 0 bridgehead atoms. The maximum atomic E-state index is 12.1. The first-order chi connectivity index (χ1) is 9.06. The molecular weight excluding hydrogens is 248 g/mol. The van der Waals surface area contributed by atoms with Gasteiger partial charge in [0.15, 0.2) is 0 Å². The van der Waals surface area contributed by atoms with Crippen molar-refractivity contribution >= 4 is 12.0 Å². The van der Waals surface area contributed by atoms with Gasteiger partial charge in [0, 0.05) is 25.7 Å². The number of aliphatic carboxylic acids is 1. The van der Waals surface area contributed by atoms with Gasteiger partial charge in [0.2, 0.25) is 0 Å². The Morgan fingerprint density at radius 1 is 1.47 bits per heavy atom. The van der Waals surface area contributed by atoms with Crippen molar-refractivity contribution in [2.45, 2.75) is 51.7 Å². The molecule has 6 heteroatoms. The molecule has 2 unspecified atom stereocenters. The van der Waals surface area contributed by atoms with Crippen molar-refractivity contribution in [2.75, 3.05) is 19.7 Å². The Bertz CT molecular complexity index is 303. The summed E-state index contributed by atoms with van der Waals surface area (Å²) in [6, 6.07) is -0.519. The Hall–Kier alpha value is -1.30. The lowest BCUT2D eigenvalue weighted by Crippen LogP contribution is -2.47. The minimum Gasteiger partial charge on any atom is -0.481 e. The fourth-order valence-corrected chi connectivity index (χ4v) is 2.16. The molecule has 2 atom stereocenters. The maximum absolute atomic E-state index is 12.1. The van der Waals surface area contributed by atoms with Gasteiger partial charge >= 0.3 is 12.0 Å². The molecule has 0 spiro atoms. The number of carbonyl (C=O) groups is 2. The lowest BCUT2D eigenvalue weighted by Gasteiger charge is -2.26. The summed E-state index contributed by atoms with van der Waals surface area (Å²) < 4.78 is 5.52. The van der Waals surface area contributed by atoms with Gasteiger partial charge in [-0.05, 0) is 26.2 Å². The fourth-order valence-electron chi connectivity index (χ4n) is 2.16. The van der Waals surface area contributed by atoms with Gasteiger partial charge in [-0.1, -0.05) is 6.92 Å². The molecule has 19 heavy (non-hydrogen) atoms. The first-order valence-electron chi connectivity index (χ1n) is 6.95. The van der Waals surface area contributed by atoms with E-state index in [2.05, 4.69) is 5.32 Å². The number of nitrogens with zero attached hydrogens (tertiary/aromatic N) is 1. The Morgan fingerprint density at radius 2 is 2.21 bits per heavy atom. The normalized spacial score (nSPS) is 20.0. The molecule has 0 aromatic heterocycles. The second-order valence-corrected chi connectivity index (χ2v) is 4.83. The Labute approximate surface area is 114 Å². The number of rotatable bonds is 7. The first-order valence-corrected chi connectivity index (χ1v) is 6.95. The van der Waals surface area contributed by atoms with Gasteiger partial charge in [-0.25, -0.2) is 4.79 Å². The number of hydrogen-bond donors (Lipinski definition) is 2. The van der Waals surface area contributed by atoms with Gasteiger partial charge in [0.1, 0.15) is 0 Å². The van der Waals surface area contributed by atoms with Crippen LogP contribution >= 0.6 is 0 Å². The van der Waals surface area contributed by atoms with Crippen LogP contribution in [0.4, 0.5) is 4.79 Å². The summed E-state index contributed by atoms with van der Waals surface area (Å²) in [5.41, 5.74) is 0. The van der Waals surface area contributed by atoms with Crippen LogP contribution < -0.4 is 5.32 Å². The van der Waals surface area contributed by atoms with E-state index in [-0.39, 0.29) is 24.6 Å². The average Bonchev–Trinajstić information content (AvgIpc) is 2.87. The van der Waals surface area contributed by atoms with Crippen molar-refractivity contribution < 1.29 is 19.4 Å². The number of nitrogens with one attached hydrogen (secondary N) is 1. The Kier molecular flexibility index (Phi) is 6.62.